The molecule has 0 aliphatic rings. The van der Waals surface area contributed by atoms with Crippen molar-refractivity contribution in [3.05, 3.63) is 51.4 Å². The Morgan fingerprint density at radius 1 is 1.37 bits per heavy atom. The molecule has 4 heteroatoms. The van der Waals surface area contributed by atoms with Crippen molar-refractivity contribution in [3.63, 3.8) is 0 Å². The lowest BCUT2D eigenvalue weighted by molar-refractivity contribution is 0.182. The molecular formula is C15H17BrO3. The minimum absolute atomic E-state index is 0.533. The molecule has 0 spiro atoms. The maximum absolute atomic E-state index is 10.4. The van der Waals surface area contributed by atoms with E-state index in [-0.39, 0.29) is 0 Å². The second-order valence-electron chi connectivity index (χ2n) is 4.40. The molecule has 0 aliphatic heterocycles. The fraction of sp³-hybridized carbons (Fsp3) is 0.333. The van der Waals surface area contributed by atoms with Gasteiger partial charge in [-0.05, 0) is 36.8 Å². The zero-order chi connectivity index (χ0) is 14.0. The third-order valence-electron chi connectivity index (χ3n) is 3.11. The fourth-order valence-corrected chi connectivity index (χ4v) is 2.31. The number of rotatable bonds is 4. The Bertz CT molecular complexity index is 575. The lowest BCUT2D eigenvalue weighted by Crippen LogP contribution is -2.02. The van der Waals surface area contributed by atoms with Gasteiger partial charge >= 0.3 is 0 Å². The molecule has 0 bridgehead atoms. The number of hydrogen-bond acceptors (Lipinski definition) is 3. The van der Waals surface area contributed by atoms with Crippen molar-refractivity contribution in [2.24, 2.45) is 0 Å². The number of aliphatic hydroxyl groups is 1. The van der Waals surface area contributed by atoms with Crippen molar-refractivity contribution in [3.8, 4) is 5.75 Å². The molecular weight excluding hydrogens is 308 g/mol. The third kappa shape index (κ3) is 2.85. The first-order valence-corrected chi connectivity index (χ1v) is 6.96. The Kier molecular flexibility index (Phi) is 4.32. The maximum atomic E-state index is 10.4. The molecule has 1 aromatic carbocycles. The normalized spacial score (nSPS) is 12.5. The molecule has 3 nitrogen and oxygen atoms in total. The van der Waals surface area contributed by atoms with Crippen LogP contribution in [0.1, 0.15) is 35.7 Å². The summed E-state index contributed by atoms with van der Waals surface area (Å²) < 4.78 is 11.9. The Hall–Kier alpha value is -1.26. The van der Waals surface area contributed by atoms with Crippen LogP contribution in [0.5, 0.6) is 5.75 Å². The van der Waals surface area contributed by atoms with Crippen LogP contribution in [0.2, 0.25) is 0 Å². The van der Waals surface area contributed by atoms with E-state index in [4.69, 9.17) is 9.15 Å². The molecule has 1 N–H and O–H groups in total. The van der Waals surface area contributed by atoms with Gasteiger partial charge in [-0.3, -0.25) is 0 Å². The molecule has 1 aromatic heterocycles. The maximum Gasteiger partial charge on any atom is 0.140 e. The van der Waals surface area contributed by atoms with Crippen LogP contribution >= 0.6 is 15.9 Å². The van der Waals surface area contributed by atoms with E-state index < -0.39 is 6.10 Å². The highest BCUT2D eigenvalue weighted by Crippen LogP contribution is 2.34. The lowest BCUT2D eigenvalue weighted by atomic mass is 10.0. The summed E-state index contributed by atoms with van der Waals surface area (Å²) in [5.41, 5.74) is 1.75. The number of aliphatic hydroxyl groups excluding tert-OH is 1. The molecule has 0 amide bonds. The summed E-state index contributed by atoms with van der Waals surface area (Å²) in [6.45, 7) is 3.99. The Balaban J connectivity index is 2.42. The Morgan fingerprint density at radius 3 is 2.68 bits per heavy atom. The largest absolute Gasteiger partial charge is 0.496 e. The summed E-state index contributed by atoms with van der Waals surface area (Å²) in [6, 6.07) is 7.45. The predicted octanol–water partition coefficient (Wildman–Crippen LogP) is 4.00. The van der Waals surface area contributed by atoms with Gasteiger partial charge in [0.05, 0.1) is 7.11 Å². The third-order valence-corrected chi connectivity index (χ3v) is 3.96. The van der Waals surface area contributed by atoms with Gasteiger partial charge in [-0.25, -0.2) is 0 Å². The van der Waals surface area contributed by atoms with Gasteiger partial charge in [0.2, 0.25) is 0 Å². The second kappa shape index (κ2) is 5.80. The van der Waals surface area contributed by atoms with E-state index in [1.54, 1.807) is 13.2 Å². The molecule has 0 aliphatic carbocycles. The second-order valence-corrected chi connectivity index (χ2v) is 5.26. The van der Waals surface area contributed by atoms with Crippen molar-refractivity contribution in [2.75, 3.05) is 7.11 Å². The zero-order valence-electron chi connectivity index (χ0n) is 11.2. The SMILES string of the molecule is CCc1ccc(C(O)c2cc(Br)c(C)cc2OC)o1. The van der Waals surface area contributed by atoms with E-state index in [9.17, 15) is 5.11 Å². The van der Waals surface area contributed by atoms with Crippen LogP contribution in [-0.2, 0) is 6.42 Å². The van der Waals surface area contributed by atoms with Gasteiger partial charge in [-0.1, -0.05) is 22.9 Å². The highest BCUT2D eigenvalue weighted by Gasteiger charge is 2.20. The summed E-state index contributed by atoms with van der Waals surface area (Å²) in [5, 5.41) is 10.4. The van der Waals surface area contributed by atoms with Crippen LogP contribution in [0, 0.1) is 6.92 Å². The van der Waals surface area contributed by atoms with Crippen molar-refractivity contribution in [1.82, 2.24) is 0 Å². The monoisotopic (exact) mass is 324 g/mol. The number of furan rings is 1. The van der Waals surface area contributed by atoms with Crippen LogP contribution in [0.15, 0.2) is 33.2 Å². The zero-order valence-corrected chi connectivity index (χ0v) is 12.8. The molecule has 2 rings (SSSR count). The Morgan fingerprint density at radius 2 is 2.11 bits per heavy atom. The summed E-state index contributed by atoms with van der Waals surface area (Å²) in [5.74, 6) is 2.05. The van der Waals surface area contributed by atoms with Crippen molar-refractivity contribution < 1.29 is 14.3 Å². The van der Waals surface area contributed by atoms with Crippen molar-refractivity contribution in [1.29, 1.82) is 0 Å². The van der Waals surface area contributed by atoms with E-state index in [2.05, 4.69) is 15.9 Å². The number of benzene rings is 1. The number of ether oxygens (including phenoxy) is 1. The molecule has 1 unspecified atom stereocenters. The molecule has 0 radical (unpaired) electrons. The van der Waals surface area contributed by atoms with Gasteiger partial charge in [0.1, 0.15) is 23.4 Å². The summed E-state index contributed by atoms with van der Waals surface area (Å²) >= 11 is 3.47. The lowest BCUT2D eigenvalue weighted by Gasteiger charge is -2.15. The van der Waals surface area contributed by atoms with Gasteiger partial charge in [0, 0.05) is 16.5 Å². The highest BCUT2D eigenvalue weighted by molar-refractivity contribution is 9.10. The average Bonchev–Trinajstić information content (AvgIpc) is 2.89. The van der Waals surface area contributed by atoms with E-state index in [0.29, 0.717) is 17.1 Å². The topological polar surface area (TPSA) is 42.6 Å². The highest BCUT2D eigenvalue weighted by atomic mass is 79.9. The first kappa shape index (κ1) is 14.2. The van der Waals surface area contributed by atoms with Crippen LogP contribution in [0.4, 0.5) is 0 Å². The molecule has 102 valence electrons. The minimum atomic E-state index is -0.827. The van der Waals surface area contributed by atoms with Crippen LogP contribution in [0.3, 0.4) is 0 Å². The Labute approximate surface area is 121 Å². The van der Waals surface area contributed by atoms with E-state index in [1.165, 1.54) is 0 Å². The first-order chi connectivity index (χ1) is 9.06. The first-order valence-electron chi connectivity index (χ1n) is 6.17. The number of methoxy groups -OCH3 is 1. The van der Waals surface area contributed by atoms with Gasteiger partial charge in [0.15, 0.2) is 0 Å². The number of hydrogen-bond donors (Lipinski definition) is 1. The quantitative estimate of drug-likeness (QED) is 0.924. The summed E-state index contributed by atoms with van der Waals surface area (Å²) in [7, 11) is 1.60. The van der Waals surface area contributed by atoms with E-state index in [1.807, 2.05) is 32.0 Å². The average molecular weight is 325 g/mol. The molecule has 1 heterocycles. The van der Waals surface area contributed by atoms with Gasteiger partial charge in [0.25, 0.3) is 0 Å². The van der Waals surface area contributed by atoms with Gasteiger partial charge < -0.3 is 14.3 Å². The number of aryl methyl sites for hydroxylation is 2. The molecule has 1 atom stereocenters. The summed E-state index contributed by atoms with van der Waals surface area (Å²) in [6.07, 6.45) is -0.0197. The summed E-state index contributed by atoms with van der Waals surface area (Å²) in [4.78, 5) is 0. The van der Waals surface area contributed by atoms with E-state index in [0.717, 1.165) is 22.2 Å². The molecule has 0 fully saturated rings. The predicted molar refractivity (Wildman–Crippen MR) is 77.6 cm³/mol. The van der Waals surface area contributed by atoms with Gasteiger partial charge in [-0.2, -0.15) is 0 Å². The standard InChI is InChI=1S/C15H17BrO3/c1-4-10-5-6-13(19-10)15(17)11-8-12(16)9(2)7-14(11)18-3/h5-8,15,17H,4H2,1-3H3. The molecule has 19 heavy (non-hydrogen) atoms. The number of halogens is 1. The molecule has 2 aromatic rings. The van der Waals surface area contributed by atoms with Crippen molar-refractivity contribution >= 4 is 15.9 Å². The molecule has 0 saturated carbocycles. The van der Waals surface area contributed by atoms with Crippen LogP contribution < -0.4 is 4.74 Å². The smallest absolute Gasteiger partial charge is 0.140 e. The minimum Gasteiger partial charge on any atom is -0.496 e. The van der Waals surface area contributed by atoms with Crippen LogP contribution in [0.25, 0.3) is 0 Å². The van der Waals surface area contributed by atoms with Gasteiger partial charge in [-0.15, -0.1) is 0 Å². The fourth-order valence-electron chi connectivity index (χ4n) is 1.95. The van der Waals surface area contributed by atoms with Crippen LogP contribution in [-0.4, -0.2) is 12.2 Å². The molecule has 0 saturated heterocycles. The van der Waals surface area contributed by atoms with E-state index >= 15 is 0 Å². The van der Waals surface area contributed by atoms with Crippen molar-refractivity contribution in [2.45, 2.75) is 26.4 Å².